The quantitative estimate of drug-likeness (QED) is 0.809. The first-order valence-electron chi connectivity index (χ1n) is 4.47. The molecule has 0 radical (unpaired) electrons. The molecule has 17 heavy (non-hydrogen) atoms. The number of aromatic amines is 1. The number of rotatable bonds is 1. The molecule has 0 unspecified atom stereocenters. The van der Waals surface area contributed by atoms with Gasteiger partial charge in [0.15, 0.2) is 5.82 Å². The van der Waals surface area contributed by atoms with Gasteiger partial charge in [0.25, 0.3) is 5.56 Å². The fraction of sp³-hybridized carbons (Fsp3) is 0. The first-order chi connectivity index (χ1) is 8.00. The van der Waals surface area contributed by atoms with Crippen LogP contribution in [0.25, 0.3) is 5.69 Å². The Labute approximate surface area is 104 Å². The zero-order chi connectivity index (χ0) is 12.6. The minimum absolute atomic E-state index is 0.112. The van der Waals surface area contributed by atoms with Gasteiger partial charge < -0.3 is 0 Å². The third-order valence-electron chi connectivity index (χ3n) is 2.07. The van der Waals surface area contributed by atoms with E-state index in [1.54, 1.807) is 0 Å². The van der Waals surface area contributed by atoms with Crippen molar-refractivity contribution >= 4 is 23.2 Å². The summed E-state index contributed by atoms with van der Waals surface area (Å²) in [4.78, 5) is 25.3. The highest BCUT2D eigenvalue weighted by Gasteiger charge is 2.12. The fourth-order valence-electron chi connectivity index (χ4n) is 1.36. The van der Waals surface area contributed by atoms with E-state index in [0.717, 1.165) is 6.07 Å². The van der Waals surface area contributed by atoms with Crippen molar-refractivity contribution in [3.63, 3.8) is 0 Å². The maximum Gasteiger partial charge on any atom is 0.334 e. The topological polar surface area (TPSA) is 54.9 Å². The molecule has 1 aromatic heterocycles. The Morgan fingerprint density at radius 1 is 1.24 bits per heavy atom. The van der Waals surface area contributed by atoms with E-state index in [9.17, 15) is 14.0 Å². The molecule has 0 atom stereocenters. The van der Waals surface area contributed by atoms with Crippen molar-refractivity contribution in [3.05, 3.63) is 61.1 Å². The van der Waals surface area contributed by atoms with Gasteiger partial charge in [-0.2, -0.15) is 0 Å². The van der Waals surface area contributed by atoms with Crippen molar-refractivity contribution < 1.29 is 4.39 Å². The third kappa shape index (κ3) is 2.11. The van der Waals surface area contributed by atoms with Crippen molar-refractivity contribution in [1.82, 2.24) is 9.55 Å². The van der Waals surface area contributed by atoms with E-state index in [2.05, 4.69) is 4.98 Å². The van der Waals surface area contributed by atoms with Crippen LogP contribution in [0.2, 0.25) is 10.2 Å². The molecule has 0 fully saturated rings. The van der Waals surface area contributed by atoms with Crippen LogP contribution in [0.5, 0.6) is 0 Å². The number of benzene rings is 1. The molecule has 1 heterocycles. The van der Waals surface area contributed by atoms with Gasteiger partial charge in [0.05, 0.1) is 10.7 Å². The van der Waals surface area contributed by atoms with E-state index in [1.807, 2.05) is 0 Å². The predicted molar refractivity (Wildman–Crippen MR) is 62.6 cm³/mol. The number of nitrogens with zero attached hydrogens (tertiary/aromatic N) is 1. The van der Waals surface area contributed by atoms with Gasteiger partial charge in [-0.15, -0.1) is 0 Å². The Morgan fingerprint density at radius 3 is 2.59 bits per heavy atom. The van der Waals surface area contributed by atoms with Crippen LogP contribution >= 0.6 is 23.2 Å². The molecule has 4 nitrogen and oxygen atoms in total. The lowest BCUT2D eigenvalue weighted by atomic mass is 10.3. The normalized spacial score (nSPS) is 10.5. The van der Waals surface area contributed by atoms with Crippen LogP contribution in [0, 0.1) is 5.82 Å². The number of H-pyrrole nitrogens is 1. The standard InChI is InChI=1S/C10H5Cl2FN2O2/c11-5-2-1-3-6(9(5)13)15-8(16)4-7(12)14-10(15)17/h1-4H,(H,14,17). The Kier molecular flexibility index (Phi) is 3.04. The van der Waals surface area contributed by atoms with Crippen molar-refractivity contribution in [2.45, 2.75) is 0 Å². The molecule has 2 aromatic rings. The van der Waals surface area contributed by atoms with Gasteiger partial charge in [0.1, 0.15) is 5.15 Å². The molecule has 1 aromatic carbocycles. The summed E-state index contributed by atoms with van der Waals surface area (Å²) in [7, 11) is 0. The molecule has 0 bridgehead atoms. The highest BCUT2D eigenvalue weighted by Crippen LogP contribution is 2.19. The summed E-state index contributed by atoms with van der Waals surface area (Å²) in [6, 6.07) is 4.99. The molecule has 0 aliphatic heterocycles. The van der Waals surface area contributed by atoms with Gasteiger partial charge in [-0.25, -0.2) is 13.8 Å². The van der Waals surface area contributed by atoms with Gasteiger partial charge in [0, 0.05) is 6.07 Å². The molecule has 0 saturated heterocycles. The molecule has 0 aliphatic rings. The number of halogens is 3. The number of hydrogen-bond donors (Lipinski definition) is 1. The van der Waals surface area contributed by atoms with E-state index in [0.29, 0.717) is 4.57 Å². The molecular weight excluding hydrogens is 270 g/mol. The van der Waals surface area contributed by atoms with Gasteiger partial charge in [-0.1, -0.05) is 29.3 Å². The zero-order valence-electron chi connectivity index (χ0n) is 8.21. The molecule has 2 rings (SSSR count). The van der Waals surface area contributed by atoms with E-state index in [-0.39, 0.29) is 15.9 Å². The lowest BCUT2D eigenvalue weighted by Gasteiger charge is -2.06. The summed E-state index contributed by atoms with van der Waals surface area (Å²) in [6.45, 7) is 0. The second kappa shape index (κ2) is 4.35. The fourth-order valence-corrected chi connectivity index (χ4v) is 1.70. The first-order valence-corrected chi connectivity index (χ1v) is 5.22. The highest BCUT2D eigenvalue weighted by molar-refractivity contribution is 6.31. The van der Waals surface area contributed by atoms with Crippen LogP contribution in [0.15, 0.2) is 33.9 Å². The van der Waals surface area contributed by atoms with E-state index < -0.39 is 17.1 Å². The second-order valence-corrected chi connectivity index (χ2v) is 3.98. The number of aromatic nitrogens is 2. The SMILES string of the molecule is O=c1cc(Cl)[nH]c(=O)n1-c1cccc(Cl)c1F. The lowest BCUT2D eigenvalue weighted by molar-refractivity contribution is 0.613. The lowest BCUT2D eigenvalue weighted by Crippen LogP contribution is -2.33. The summed E-state index contributed by atoms with van der Waals surface area (Å²) >= 11 is 11.1. The Bertz CT molecular complexity index is 662. The smallest absolute Gasteiger partial charge is 0.297 e. The van der Waals surface area contributed by atoms with Crippen LogP contribution in [-0.4, -0.2) is 9.55 Å². The summed E-state index contributed by atoms with van der Waals surface area (Å²) in [5.74, 6) is -0.843. The van der Waals surface area contributed by atoms with Crippen LogP contribution < -0.4 is 11.2 Å². The van der Waals surface area contributed by atoms with Crippen molar-refractivity contribution in [2.75, 3.05) is 0 Å². The Hall–Kier alpha value is -1.59. The van der Waals surface area contributed by atoms with Gasteiger partial charge >= 0.3 is 5.69 Å². The molecule has 0 amide bonds. The van der Waals surface area contributed by atoms with Crippen molar-refractivity contribution in [1.29, 1.82) is 0 Å². The number of nitrogens with one attached hydrogen (secondary N) is 1. The summed E-state index contributed by atoms with van der Waals surface area (Å²) < 4.78 is 14.3. The molecule has 0 saturated carbocycles. The summed E-state index contributed by atoms with van der Waals surface area (Å²) in [6.07, 6.45) is 0. The molecule has 0 spiro atoms. The summed E-state index contributed by atoms with van der Waals surface area (Å²) in [5, 5.41) is -0.289. The molecule has 7 heteroatoms. The largest absolute Gasteiger partial charge is 0.334 e. The molecule has 88 valence electrons. The molecule has 0 aliphatic carbocycles. The van der Waals surface area contributed by atoms with Crippen LogP contribution in [0.4, 0.5) is 4.39 Å². The minimum atomic E-state index is -0.843. The van der Waals surface area contributed by atoms with Crippen molar-refractivity contribution in [2.24, 2.45) is 0 Å². The summed E-state index contributed by atoms with van der Waals surface area (Å²) in [5.41, 5.74) is -1.79. The third-order valence-corrected chi connectivity index (χ3v) is 2.57. The molecular formula is C10H5Cl2FN2O2. The first kappa shape index (κ1) is 11.9. The Balaban J connectivity index is 2.83. The van der Waals surface area contributed by atoms with E-state index in [1.165, 1.54) is 18.2 Å². The van der Waals surface area contributed by atoms with Crippen LogP contribution in [-0.2, 0) is 0 Å². The van der Waals surface area contributed by atoms with Crippen LogP contribution in [0.1, 0.15) is 0 Å². The van der Waals surface area contributed by atoms with E-state index >= 15 is 0 Å². The van der Waals surface area contributed by atoms with E-state index in [4.69, 9.17) is 23.2 Å². The maximum absolute atomic E-state index is 13.7. The zero-order valence-corrected chi connectivity index (χ0v) is 9.72. The number of hydrogen-bond acceptors (Lipinski definition) is 2. The van der Waals surface area contributed by atoms with Gasteiger partial charge in [-0.3, -0.25) is 9.78 Å². The second-order valence-electron chi connectivity index (χ2n) is 3.17. The Morgan fingerprint density at radius 2 is 1.94 bits per heavy atom. The van der Waals surface area contributed by atoms with Crippen molar-refractivity contribution in [3.8, 4) is 5.69 Å². The van der Waals surface area contributed by atoms with Crippen LogP contribution in [0.3, 0.4) is 0 Å². The highest BCUT2D eigenvalue weighted by atomic mass is 35.5. The maximum atomic E-state index is 13.7. The van der Waals surface area contributed by atoms with Gasteiger partial charge in [0.2, 0.25) is 0 Å². The monoisotopic (exact) mass is 274 g/mol. The average Bonchev–Trinajstić information content (AvgIpc) is 2.23. The van der Waals surface area contributed by atoms with Gasteiger partial charge in [-0.05, 0) is 12.1 Å². The average molecular weight is 275 g/mol. The minimum Gasteiger partial charge on any atom is -0.297 e. The predicted octanol–water partition coefficient (Wildman–Crippen LogP) is 1.97. The molecule has 1 N–H and O–H groups in total.